The van der Waals surface area contributed by atoms with Crippen LogP contribution in [0.5, 0.6) is 0 Å². The highest BCUT2D eigenvalue weighted by molar-refractivity contribution is 7.80. The molecular weight excluding hydrogens is 623 g/mol. The van der Waals surface area contributed by atoms with Gasteiger partial charge in [-0.2, -0.15) is 12.6 Å². The van der Waals surface area contributed by atoms with Gasteiger partial charge in [-0.3, -0.25) is 9.68 Å². The summed E-state index contributed by atoms with van der Waals surface area (Å²) in [5.74, 6) is 0.944. The number of nitrogens with zero attached hydrogens (tertiary/aromatic N) is 2. The summed E-state index contributed by atoms with van der Waals surface area (Å²) in [6, 6.07) is 0. The summed E-state index contributed by atoms with van der Waals surface area (Å²) < 4.78 is 0. The fourth-order valence-electron chi connectivity index (χ4n) is 6.63. The van der Waals surface area contributed by atoms with Crippen LogP contribution in [0.4, 0.5) is 0 Å². The second kappa shape index (κ2) is 48.1. The Labute approximate surface area is 315 Å². The lowest BCUT2D eigenvalue weighted by atomic mass is 10.1. The van der Waals surface area contributed by atoms with Crippen LogP contribution in [0.25, 0.3) is 0 Å². The average molecular weight is 716 g/mol. The van der Waals surface area contributed by atoms with E-state index in [4.69, 9.17) is 9.68 Å². The predicted molar refractivity (Wildman–Crippen MR) is 224 cm³/mol. The molecule has 0 aromatic carbocycles. The van der Waals surface area contributed by atoms with Crippen LogP contribution in [0.15, 0.2) is 0 Å². The van der Waals surface area contributed by atoms with Gasteiger partial charge in [0.25, 0.3) is 0 Å². The number of hydrogen-bond donors (Lipinski definition) is 2. The van der Waals surface area contributed by atoms with Crippen molar-refractivity contribution in [3.63, 3.8) is 0 Å². The van der Waals surface area contributed by atoms with Crippen LogP contribution >= 0.6 is 12.6 Å². The van der Waals surface area contributed by atoms with Crippen molar-refractivity contribution < 1.29 is 9.68 Å². The highest BCUT2D eigenvalue weighted by Gasteiger charge is 2.09. The highest BCUT2D eigenvalue weighted by atomic mass is 32.1. The van der Waals surface area contributed by atoms with Crippen molar-refractivity contribution in [3.05, 3.63) is 0 Å². The number of unbranched alkanes of at least 4 members (excludes halogenated alkanes) is 24. The van der Waals surface area contributed by atoms with E-state index in [0.29, 0.717) is 13.2 Å². The van der Waals surface area contributed by atoms with Gasteiger partial charge in [0, 0.05) is 6.54 Å². The van der Waals surface area contributed by atoms with E-state index in [9.17, 15) is 0 Å². The van der Waals surface area contributed by atoms with Crippen molar-refractivity contribution in [3.8, 4) is 0 Å². The molecule has 0 fully saturated rings. The van der Waals surface area contributed by atoms with Gasteiger partial charge in [-0.05, 0) is 77.5 Å². The minimum absolute atomic E-state index is 0.624. The van der Waals surface area contributed by atoms with Crippen molar-refractivity contribution in [2.75, 3.05) is 58.2 Å². The Morgan fingerprint density at radius 3 is 0.918 bits per heavy atom. The summed E-state index contributed by atoms with van der Waals surface area (Å²) in [7, 11) is 0. The van der Waals surface area contributed by atoms with E-state index in [1.165, 1.54) is 213 Å². The zero-order valence-corrected chi connectivity index (χ0v) is 35.4. The van der Waals surface area contributed by atoms with E-state index in [0.717, 1.165) is 18.7 Å². The summed E-state index contributed by atoms with van der Waals surface area (Å²) in [4.78, 5) is 16.1. The topological polar surface area (TPSA) is 37.0 Å². The third kappa shape index (κ3) is 46.1. The first-order valence-electron chi connectivity index (χ1n) is 22.2. The van der Waals surface area contributed by atoms with Crippen LogP contribution in [-0.2, 0) is 9.68 Å². The zero-order chi connectivity index (χ0) is 36.1. The molecule has 0 aliphatic rings. The van der Waals surface area contributed by atoms with Crippen molar-refractivity contribution in [2.45, 2.75) is 221 Å². The van der Waals surface area contributed by atoms with Crippen LogP contribution in [0.1, 0.15) is 221 Å². The second-order valence-electron chi connectivity index (χ2n) is 14.6. The van der Waals surface area contributed by atoms with Gasteiger partial charge >= 0.3 is 0 Å². The molecule has 6 heteroatoms. The van der Waals surface area contributed by atoms with Crippen LogP contribution in [0, 0.1) is 0 Å². The quantitative estimate of drug-likeness (QED) is 0.0374. The van der Waals surface area contributed by atoms with E-state index in [2.05, 4.69) is 48.8 Å². The van der Waals surface area contributed by atoms with Crippen molar-refractivity contribution in [1.82, 2.24) is 15.4 Å². The standard InChI is InChI=1S/C41H87N3O2.C2H6S/c1-5-9-12-15-18-21-24-27-30-35-43(36-31-28-25-22-19-16-13-10-6-2)38-33-39-44(40-34-41-46-42-45-8-4)37-32-29-26-23-20-17-14-11-7-3;1-2-3/h42H,5-41H2,1-4H3;3H,2H2,1H3. The molecule has 0 spiro atoms. The fourth-order valence-corrected chi connectivity index (χ4v) is 6.63. The summed E-state index contributed by atoms with van der Waals surface area (Å²) in [5, 5.41) is 0. The smallest absolute Gasteiger partial charge is 0.0721 e. The van der Waals surface area contributed by atoms with Gasteiger partial charge in [-0.1, -0.05) is 187 Å². The molecule has 0 unspecified atom stereocenters. The molecule has 0 radical (unpaired) electrons. The lowest BCUT2D eigenvalue weighted by Crippen LogP contribution is -2.33. The minimum atomic E-state index is 0.624. The fraction of sp³-hybridized carbons (Fsp3) is 1.00. The van der Waals surface area contributed by atoms with E-state index in [1.807, 2.05) is 13.8 Å². The Kier molecular flexibility index (Phi) is 50.4. The van der Waals surface area contributed by atoms with E-state index in [1.54, 1.807) is 0 Å². The molecule has 0 amide bonds. The molecule has 0 saturated carbocycles. The van der Waals surface area contributed by atoms with E-state index in [-0.39, 0.29) is 0 Å². The van der Waals surface area contributed by atoms with Gasteiger partial charge in [-0.25, -0.2) is 0 Å². The Hall–Kier alpha value is 0.150. The summed E-state index contributed by atoms with van der Waals surface area (Å²) in [6.45, 7) is 19.7. The maximum absolute atomic E-state index is 5.45. The maximum Gasteiger partial charge on any atom is 0.0721 e. The van der Waals surface area contributed by atoms with Crippen molar-refractivity contribution >= 4 is 12.6 Å². The molecule has 0 heterocycles. The molecule has 49 heavy (non-hydrogen) atoms. The molecule has 0 saturated heterocycles. The molecular formula is C43H93N3O2S. The third-order valence-corrected chi connectivity index (χ3v) is 9.67. The first kappa shape index (κ1) is 51.3. The number of thiol groups is 1. The second-order valence-corrected chi connectivity index (χ2v) is 15.2. The number of nitrogens with one attached hydrogen (secondary N) is 1. The van der Waals surface area contributed by atoms with Crippen LogP contribution in [0.3, 0.4) is 0 Å². The molecule has 0 aliphatic carbocycles. The Balaban J connectivity index is 0. The SMILES string of the molecule is CCCCCCCCCCCN(CCCCCCCCCCC)CCCN(CCCCCCCCCCC)CCCONOCC.CCS. The first-order chi connectivity index (χ1) is 24.2. The predicted octanol–water partition coefficient (Wildman–Crippen LogP) is 13.4. The Morgan fingerprint density at radius 1 is 0.347 bits per heavy atom. The van der Waals surface area contributed by atoms with Crippen LogP contribution < -0.4 is 5.64 Å². The lowest BCUT2D eigenvalue weighted by molar-refractivity contribution is -0.168. The van der Waals surface area contributed by atoms with Crippen molar-refractivity contribution in [1.29, 1.82) is 0 Å². The molecule has 0 aliphatic heterocycles. The number of rotatable bonds is 41. The van der Waals surface area contributed by atoms with Gasteiger partial charge in [0.1, 0.15) is 0 Å². The van der Waals surface area contributed by atoms with E-state index >= 15 is 0 Å². The summed E-state index contributed by atoms with van der Waals surface area (Å²) in [5.41, 5.74) is 2.61. The number of hydrogen-bond acceptors (Lipinski definition) is 6. The third-order valence-electron chi connectivity index (χ3n) is 9.67. The summed E-state index contributed by atoms with van der Waals surface area (Å²) >= 11 is 3.79. The van der Waals surface area contributed by atoms with Gasteiger partial charge in [0.2, 0.25) is 0 Å². The Morgan fingerprint density at radius 2 is 0.612 bits per heavy atom. The monoisotopic (exact) mass is 716 g/mol. The molecule has 0 aromatic heterocycles. The minimum Gasteiger partial charge on any atom is -0.303 e. The molecule has 5 nitrogen and oxygen atoms in total. The van der Waals surface area contributed by atoms with Gasteiger partial charge in [0.15, 0.2) is 0 Å². The molecule has 0 bridgehead atoms. The maximum atomic E-state index is 5.45. The van der Waals surface area contributed by atoms with Crippen molar-refractivity contribution in [2.24, 2.45) is 0 Å². The van der Waals surface area contributed by atoms with Gasteiger partial charge in [-0.15, -0.1) is 0 Å². The molecule has 298 valence electrons. The largest absolute Gasteiger partial charge is 0.303 e. The summed E-state index contributed by atoms with van der Waals surface area (Å²) in [6.07, 6.45) is 40.6. The van der Waals surface area contributed by atoms with Gasteiger partial charge in [0.05, 0.1) is 13.2 Å². The van der Waals surface area contributed by atoms with Crippen LogP contribution in [-0.4, -0.2) is 68.0 Å². The molecule has 0 atom stereocenters. The lowest BCUT2D eigenvalue weighted by Gasteiger charge is -2.26. The Bertz CT molecular complexity index is 535. The average Bonchev–Trinajstić information content (AvgIpc) is 3.10. The first-order valence-corrected chi connectivity index (χ1v) is 22.9. The normalized spacial score (nSPS) is 11.5. The molecule has 1 N–H and O–H groups in total. The highest BCUT2D eigenvalue weighted by Crippen LogP contribution is 2.14. The van der Waals surface area contributed by atoms with Crippen LogP contribution in [0.2, 0.25) is 0 Å². The van der Waals surface area contributed by atoms with Gasteiger partial charge < -0.3 is 9.80 Å². The zero-order valence-electron chi connectivity index (χ0n) is 34.5. The molecule has 0 rings (SSSR count). The van der Waals surface area contributed by atoms with E-state index < -0.39 is 0 Å². The molecule has 0 aromatic rings.